The second-order valence-electron chi connectivity index (χ2n) is 2.60. The normalized spacial score (nSPS) is 12.1. The van der Waals surface area contributed by atoms with Crippen molar-refractivity contribution < 1.29 is 19.8 Å². The molecule has 1 heterocycles. The van der Waals surface area contributed by atoms with E-state index in [9.17, 15) is 9.59 Å². The summed E-state index contributed by atoms with van der Waals surface area (Å²) >= 11 is 0. The van der Waals surface area contributed by atoms with Crippen LogP contribution in [0, 0.1) is 0 Å². The minimum absolute atomic E-state index is 0.213. The Labute approximate surface area is 79.0 Å². The van der Waals surface area contributed by atoms with Gasteiger partial charge in [0.15, 0.2) is 0 Å². The van der Waals surface area contributed by atoms with Crippen molar-refractivity contribution in [1.82, 2.24) is 4.98 Å². The Kier molecular flexibility index (Phi) is 2.78. The maximum absolute atomic E-state index is 10.5. The highest BCUT2D eigenvalue weighted by Crippen LogP contribution is 2.10. The predicted octanol–water partition coefficient (Wildman–Crippen LogP) is -0.136. The molecular formula is C8H8N2O4. The van der Waals surface area contributed by atoms with Crippen molar-refractivity contribution in [2.24, 2.45) is 5.73 Å². The third-order valence-electron chi connectivity index (χ3n) is 1.63. The lowest BCUT2D eigenvalue weighted by atomic mass is 10.1. The number of aromatic carboxylic acids is 1. The first kappa shape index (κ1) is 10.1. The largest absolute Gasteiger partial charge is 0.480 e. The van der Waals surface area contributed by atoms with Gasteiger partial charge in [-0.25, -0.2) is 9.78 Å². The summed E-state index contributed by atoms with van der Waals surface area (Å²) in [5.41, 5.74) is 5.28. The third-order valence-corrected chi connectivity index (χ3v) is 1.63. The first-order valence-corrected chi connectivity index (χ1v) is 3.70. The zero-order valence-corrected chi connectivity index (χ0v) is 7.04. The summed E-state index contributed by atoms with van der Waals surface area (Å²) in [4.78, 5) is 24.5. The molecule has 0 amide bonds. The van der Waals surface area contributed by atoms with Gasteiger partial charge < -0.3 is 15.9 Å². The van der Waals surface area contributed by atoms with Crippen molar-refractivity contribution in [3.63, 3.8) is 0 Å². The van der Waals surface area contributed by atoms with Gasteiger partial charge in [0.25, 0.3) is 0 Å². The van der Waals surface area contributed by atoms with Crippen molar-refractivity contribution >= 4 is 11.9 Å². The SMILES string of the molecule is N[C@@H](C(=O)O)c1ccnc(C(=O)O)c1. The molecule has 1 aromatic rings. The van der Waals surface area contributed by atoms with Crippen LogP contribution in [0.15, 0.2) is 18.3 Å². The van der Waals surface area contributed by atoms with Crippen molar-refractivity contribution in [3.05, 3.63) is 29.6 Å². The molecular weight excluding hydrogens is 188 g/mol. The molecule has 0 fully saturated rings. The second-order valence-corrected chi connectivity index (χ2v) is 2.60. The number of carboxylic acids is 2. The number of aromatic nitrogens is 1. The van der Waals surface area contributed by atoms with Crippen LogP contribution < -0.4 is 5.73 Å². The molecule has 0 aromatic carbocycles. The summed E-state index contributed by atoms with van der Waals surface area (Å²) in [7, 11) is 0. The maximum atomic E-state index is 10.5. The van der Waals surface area contributed by atoms with E-state index in [0.29, 0.717) is 0 Å². The summed E-state index contributed by atoms with van der Waals surface area (Å²) < 4.78 is 0. The molecule has 6 nitrogen and oxygen atoms in total. The molecule has 0 radical (unpaired) electrons. The summed E-state index contributed by atoms with van der Waals surface area (Å²) in [5, 5.41) is 17.2. The Morgan fingerprint density at radius 3 is 2.57 bits per heavy atom. The fourth-order valence-electron chi connectivity index (χ4n) is 0.900. The molecule has 14 heavy (non-hydrogen) atoms. The lowest BCUT2D eigenvalue weighted by Gasteiger charge is -2.06. The standard InChI is InChI=1S/C8H8N2O4/c9-6(8(13)14)4-1-2-10-5(3-4)7(11)12/h1-3,6H,9H2,(H,11,12)(H,13,14)/t6-/m1/s1. The van der Waals surface area contributed by atoms with E-state index >= 15 is 0 Å². The van der Waals surface area contributed by atoms with E-state index in [-0.39, 0.29) is 11.3 Å². The first-order chi connectivity index (χ1) is 6.52. The molecule has 0 spiro atoms. The second kappa shape index (κ2) is 3.84. The minimum Gasteiger partial charge on any atom is -0.480 e. The van der Waals surface area contributed by atoms with Gasteiger partial charge in [0, 0.05) is 6.20 Å². The van der Waals surface area contributed by atoms with Crippen LogP contribution in [0.25, 0.3) is 0 Å². The highest BCUT2D eigenvalue weighted by atomic mass is 16.4. The average Bonchev–Trinajstić information content (AvgIpc) is 2.16. The Morgan fingerprint density at radius 1 is 1.43 bits per heavy atom. The van der Waals surface area contributed by atoms with Crippen LogP contribution in [0.4, 0.5) is 0 Å². The summed E-state index contributed by atoms with van der Waals surface area (Å²) in [6.07, 6.45) is 1.21. The highest BCUT2D eigenvalue weighted by molar-refractivity contribution is 5.86. The first-order valence-electron chi connectivity index (χ1n) is 3.70. The van der Waals surface area contributed by atoms with Crippen molar-refractivity contribution in [2.75, 3.05) is 0 Å². The van der Waals surface area contributed by atoms with Crippen molar-refractivity contribution in [1.29, 1.82) is 0 Å². The topological polar surface area (TPSA) is 114 Å². The third kappa shape index (κ3) is 2.05. The molecule has 1 aromatic heterocycles. The Bertz CT molecular complexity index is 377. The molecule has 1 atom stereocenters. The van der Waals surface area contributed by atoms with E-state index in [1.807, 2.05) is 0 Å². The van der Waals surface area contributed by atoms with Gasteiger partial charge in [0.05, 0.1) is 0 Å². The lowest BCUT2D eigenvalue weighted by molar-refractivity contribution is -0.138. The summed E-state index contributed by atoms with van der Waals surface area (Å²) in [6, 6.07) is 1.28. The molecule has 0 unspecified atom stereocenters. The molecule has 0 saturated carbocycles. The zero-order chi connectivity index (χ0) is 10.7. The summed E-state index contributed by atoms with van der Waals surface area (Å²) in [5.74, 6) is -2.43. The van der Waals surface area contributed by atoms with Gasteiger partial charge in [0.1, 0.15) is 11.7 Å². The zero-order valence-electron chi connectivity index (χ0n) is 7.04. The number of nitrogens with zero attached hydrogens (tertiary/aromatic N) is 1. The quantitative estimate of drug-likeness (QED) is 0.620. The van der Waals surface area contributed by atoms with Gasteiger partial charge in [-0.2, -0.15) is 0 Å². The van der Waals surface area contributed by atoms with Crippen LogP contribution in [0.2, 0.25) is 0 Å². The van der Waals surface area contributed by atoms with E-state index in [1.165, 1.54) is 12.3 Å². The number of aliphatic carboxylic acids is 1. The van der Waals surface area contributed by atoms with E-state index in [4.69, 9.17) is 15.9 Å². The van der Waals surface area contributed by atoms with Gasteiger partial charge in [-0.15, -0.1) is 0 Å². The van der Waals surface area contributed by atoms with E-state index in [2.05, 4.69) is 4.98 Å². The van der Waals surface area contributed by atoms with Gasteiger partial charge in [-0.1, -0.05) is 0 Å². The number of rotatable bonds is 3. The van der Waals surface area contributed by atoms with Gasteiger partial charge in [-0.05, 0) is 17.7 Å². The van der Waals surface area contributed by atoms with Crippen LogP contribution >= 0.6 is 0 Å². The van der Waals surface area contributed by atoms with E-state index in [1.54, 1.807) is 0 Å². The van der Waals surface area contributed by atoms with Gasteiger partial charge in [0.2, 0.25) is 0 Å². The highest BCUT2D eigenvalue weighted by Gasteiger charge is 2.16. The Balaban J connectivity index is 3.05. The Hall–Kier alpha value is -1.95. The average molecular weight is 196 g/mol. The van der Waals surface area contributed by atoms with Crippen molar-refractivity contribution in [2.45, 2.75) is 6.04 Å². The van der Waals surface area contributed by atoms with E-state index in [0.717, 1.165) is 6.07 Å². The number of carboxylic acid groups (broad SMARTS) is 2. The molecule has 0 bridgehead atoms. The number of nitrogens with two attached hydrogens (primary N) is 1. The van der Waals surface area contributed by atoms with Gasteiger partial charge >= 0.3 is 11.9 Å². The number of hydrogen-bond donors (Lipinski definition) is 3. The molecule has 4 N–H and O–H groups in total. The van der Waals surface area contributed by atoms with Crippen LogP contribution in [0.5, 0.6) is 0 Å². The van der Waals surface area contributed by atoms with Gasteiger partial charge in [-0.3, -0.25) is 4.79 Å². The van der Waals surface area contributed by atoms with E-state index < -0.39 is 18.0 Å². The molecule has 0 aliphatic heterocycles. The molecule has 6 heteroatoms. The molecule has 0 aliphatic carbocycles. The molecule has 74 valence electrons. The number of carbonyl (C=O) groups is 2. The van der Waals surface area contributed by atoms with Crippen molar-refractivity contribution in [3.8, 4) is 0 Å². The molecule has 0 aliphatic rings. The fraction of sp³-hybridized carbons (Fsp3) is 0.125. The Morgan fingerprint density at radius 2 is 2.07 bits per heavy atom. The molecule has 1 rings (SSSR count). The summed E-state index contributed by atoms with van der Waals surface area (Å²) in [6.45, 7) is 0. The predicted molar refractivity (Wildman–Crippen MR) is 45.8 cm³/mol. The smallest absolute Gasteiger partial charge is 0.354 e. The fourth-order valence-corrected chi connectivity index (χ4v) is 0.900. The number of hydrogen-bond acceptors (Lipinski definition) is 4. The minimum atomic E-state index is -1.23. The monoisotopic (exact) mass is 196 g/mol. The maximum Gasteiger partial charge on any atom is 0.354 e. The van der Waals surface area contributed by atoms with Crippen LogP contribution in [0.1, 0.15) is 22.1 Å². The number of pyridine rings is 1. The molecule has 0 saturated heterocycles. The van der Waals surface area contributed by atoms with Crippen LogP contribution in [0.3, 0.4) is 0 Å². The van der Waals surface area contributed by atoms with Crippen LogP contribution in [-0.2, 0) is 4.79 Å². The van der Waals surface area contributed by atoms with Crippen LogP contribution in [-0.4, -0.2) is 27.1 Å². The lowest BCUT2D eigenvalue weighted by Crippen LogP contribution is -2.21.